The van der Waals surface area contributed by atoms with E-state index in [1.807, 2.05) is 48.5 Å². The van der Waals surface area contributed by atoms with Gasteiger partial charge < -0.3 is 9.84 Å². The number of benzene rings is 2. The van der Waals surface area contributed by atoms with E-state index >= 15 is 0 Å². The molecular weight excluding hydrogens is 284 g/mol. The van der Waals surface area contributed by atoms with Crippen LogP contribution in [-0.4, -0.2) is 11.7 Å². The first kappa shape index (κ1) is 15.6. The third kappa shape index (κ3) is 5.61. The Morgan fingerprint density at radius 1 is 1.00 bits per heavy atom. The van der Waals surface area contributed by atoms with Crippen molar-refractivity contribution in [1.29, 1.82) is 0 Å². The monoisotopic (exact) mass is 300 g/mol. The van der Waals surface area contributed by atoms with Crippen LogP contribution in [0.15, 0.2) is 48.5 Å². The number of rotatable bonds is 5. The summed E-state index contributed by atoms with van der Waals surface area (Å²) >= 11 is 5.84. The number of hydrogen-bond donors (Lipinski definition) is 1. The molecule has 0 radical (unpaired) electrons. The van der Waals surface area contributed by atoms with Gasteiger partial charge in [0.2, 0.25) is 0 Å². The number of aliphatic hydroxyl groups excluding tert-OH is 1. The normalized spacial score (nSPS) is 10.0. The standard InChI is InChI=1S/C18H17ClO2/c19-18-9-7-16(8-10-18)13-21-14-17-6-3-5-15(12-17)4-1-2-11-20/h3,5-10,12,20H,2,11,13-14H2. The number of hydrogen-bond acceptors (Lipinski definition) is 2. The van der Waals surface area contributed by atoms with E-state index in [0.29, 0.717) is 19.6 Å². The molecule has 0 aliphatic rings. The quantitative estimate of drug-likeness (QED) is 0.851. The molecule has 0 spiro atoms. The number of halogens is 1. The second-order valence-corrected chi connectivity index (χ2v) is 5.03. The van der Waals surface area contributed by atoms with Crippen LogP contribution in [0.5, 0.6) is 0 Å². The van der Waals surface area contributed by atoms with Crippen LogP contribution in [0.1, 0.15) is 23.1 Å². The van der Waals surface area contributed by atoms with Gasteiger partial charge in [0.25, 0.3) is 0 Å². The summed E-state index contributed by atoms with van der Waals surface area (Å²) in [6.07, 6.45) is 0.497. The Labute approximate surface area is 130 Å². The Kier molecular flexibility index (Phi) is 6.30. The summed E-state index contributed by atoms with van der Waals surface area (Å²) in [6, 6.07) is 15.6. The summed E-state index contributed by atoms with van der Waals surface area (Å²) < 4.78 is 5.69. The van der Waals surface area contributed by atoms with Gasteiger partial charge in [-0.25, -0.2) is 0 Å². The lowest BCUT2D eigenvalue weighted by Gasteiger charge is -2.05. The van der Waals surface area contributed by atoms with E-state index in [1.165, 1.54) is 0 Å². The van der Waals surface area contributed by atoms with Crippen molar-refractivity contribution in [2.75, 3.05) is 6.61 Å². The molecule has 2 nitrogen and oxygen atoms in total. The summed E-state index contributed by atoms with van der Waals surface area (Å²) in [7, 11) is 0. The Bertz CT molecular complexity index is 624. The molecule has 1 N–H and O–H groups in total. The van der Waals surface area contributed by atoms with Crippen LogP contribution < -0.4 is 0 Å². The highest BCUT2D eigenvalue weighted by molar-refractivity contribution is 6.30. The molecule has 0 bridgehead atoms. The molecule has 0 heterocycles. The molecule has 0 saturated heterocycles. The van der Waals surface area contributed by atoms with Crippen molar-refractivity contribution in [3.63, 3.8) is 0 Å². The van der Waals surface area contributed by atoms with Gasteiger partial charge in [-0.05, 0) is 35.4 Å². The van der Waals surface area contributed by atoms with E-state index in [2.05, 4.69) is 11.8 Å². The summed E-state index contributed by atoms with van der Waals surface area (Å²) in [5, 5.41) is 9.44. The molecule has 21 heavy (non-hydrogen) atoms. The first-order valence-electron chi connectivity index (χ1n) is 6.79. The highest BCUT2D eigenvalue weighted by Crippen LogP contribution is 2.12. The first-order valence-corrected chi connectivity index (χ1v) is 7.16. The molecule has 2 aromatic carbocycles. The SMILES string of the molecule is OCCC#Cc1cccc(COCc2ccc(Cl)cc2)c1. The predicted molar refractivity (Wildman–Crippen MR) is 85.0 cm³/mol. The fraction of sp³-hybridized carbons (Fsp3) is 0.222. The zero-order valence-corrected chi connectivity index (χ0v) is 12.4. The second-order valence-electron chi connectivity index (χ2n) is 4.60. The molecule has 0 aliphatic heterocycles. The van der Waals surface area contributed by atoms with Crippen LogP contribution in [0.3, 0.4) is 0 Å². The van der Waals surface area contributed by atoms with Crippen LogP contribution >= 0.6 is 11.6 Å². The van der Waals surface area contributed by atoms with E-state index in [0.717, 1.165) is 21.7 Å². The van der Waals surface area contributed by atoms with Crippen LogP contribution in [-0.2, 0) is 18.0 Å². The fourth-order valence-electron chi connectivity index (χ4n) is 1.83. The molecule has 108 valence electrons. The minimum Gasteiger partial charge on any atom is -0.395 e. The molecule has 0 aromatic heterocycles. The second kappa shape index (κ2) is 8.49. The zero-order valence-electron chi connectivity index (χ0n) is 11.7. The molecule has 0 atom stereocenters. The van der Waals surface area contributed by atoms with Gasteiger partial charge in [0.15, 0.2) is 0 Å². The Hall–Kier alpha value is -1.79. The minimum absolute atomic E-state index is 0.0941. The Balaban J connectivity index is 1.87. The topological polar surface area (TPSA) is 29.5 Å². The largest absolute Gasteiger partial charge is 0.395 e. The number of aliphatic hydroxyl groups is 1. The van der Waals surface area contributed by atoms with Crippen molar-refractivity contribution in [2.24, 2.45) is 0 Å². The van der Waals surface area contributed by atoms with Crippen molar-refractivity contribution >= 4 is 11.6 Å². The van der Waals surface area contributed by atoms with Crippen molar-refractivity contribution < 1.29 is 9.84 Å². The molecule has 2 aromatic rings. The zero-order chi connectivity index (χ0) is 14.9. The van der Waals surface area contributed by atoms with Crippen molar-refractivity contribution in [2.45, 2.75) is 19.6 Å². The summed E-state index contributed by atoms with van der Waals surface area (Å²) in [5.41, 5.74) is 3.12. The van der Waals surface area contributed by atoms with Gasteiger partial charge in [-0.1, -0.05) is 47.7 Å². The average Bonchev–Trinajstić information content (AvgIpc) is 2.50. The van der Waals surface area contributed by atoms with E-state index < -0.39 is 0 Å². The van der Waals surface area contributed by atoms with Gasteiger partial charge in [0, 0.05) is 17.0 Å². The summed E-state index contributed by atoms with van der Waals surface area (Å²) in [5.74, 6) is 5.93. The molecule has 0 saturated carbocycles. The van der Waals surface area contributed by atoms with Gasteiger partial charge in [-0.15, -0.1) is 0 Å². The molecular formula is C18H17ClO2. The van der Waals surface area contributed by atoms with Crippen molar-refractivity contribution in [3.05, 3.63) is 70.2 Å². The Morgan fingerprint density at radius 3 is 2.52 bits per heavy atom. The maximum atomic E-state index is 8.71. The lowest BCUT2D eigenvalue weighted by Crippen LogP contribution is -1.94. The molecule has 0 unspecified atom stereocenters. The third-order valence-corrected chi connectivity index (χ3v) is 3.10. The third-order valence-electron chi connectivity index (χ3n) is 2.85. The molecule has 0 aliphatic carbocycles. The van der Waals surface area contributed by atoms with Crippen molar-refractivity contribution in [1.82, 2.24) is 0 Å². The van der Waals surface area contributed by atoms with Gasteiger partial charge in [0.05, 0.1) is 19.8 Å². The van der Waals surface area contributed by atoms with Gasteiger partial charge >= 0.3 is 0 Å². The lowest BCUT2D eigenvalue weighted by atomic mass is 10.1. The van der Waals surface area contributed by atoms with Crippen LogP contribution in [0, 0.1) is 11.8 Å². The van der Waals surface area contributed by atoms with E-state index in [-0.39, 0.29) is 6.61 Å². The molecule has 0 amide bonds. The average molecular weight is 301 g/mol. The molecule has 3 heteroatoms. The molecule has 2 rings (SSSR count). The highest BCUT2D eigenvalue weighted by Gasteiger charge is 1.97. The van der Waals surface area contributed by atoms with Crippen molar-refractivity contribution in [3.8, 4) is 11.8 Å². The summed E-state index contributed by atoms with van der Waals surface area (Å²) in [4.78, 5) is 0. The summed E-state index contributed by atoms with van der Waals surface area (Å²) in [6.45, 7) is 1.19. The first-order chi connectivity index (χ1) is 10.3. The van der Waals surface area contributed by atoms with Crippen LogP contribution in [0.25, 0.3) is 0 Å². The number of ether oxygens (including phenoxy) is 1. The maximum absolute atomic E-state index is 8.71. The van der Waals surface area contributed by atoms with E-state index in [1.54, 1.807) is 0 Å². The minimum atomic E-state index is 0.0941. The van der Waals surface area contributed by atoms with Crippen LogP contribution in [0.2, 0.25) is 5.02 Å². The lowest BCUT2D eigenvalue weighted by molar-refractivity contribution is 0.107. The van der Waals surface area contributed by atoms with Gasteiger partial charge in [-0.2, -0.15) is 0 Å². The fourth-order valence-corrected chi connectivity index (χ4v) is 1.95. The molecule has 0 fully saturated rings. The van der Waals surface area contributed by atoms with Gasteiger partial charge in [0.1, 0.15) is 0 Å². The maximum Gasteiger partial charge on any atom is 0.0721 e. The Morgan fingerprint density at radius 2 is 1.76 bits per heavy atom. The van der Waals surface area contributed by atoms with E-state index in [4.69, 9.17) is 21.4 Å². The van der Waals surface area contributed by atoms with Gasteiger partial charge in [-0.3, -0.25) is 0 Å². The van der Waals surface area contributed by atoms with Crippen LogP contribution in [0.4, 0.5) is 0 Å². The van der Waals surface area contributed by atoms with E-state index in [9.17, 15) is 0 Å². The smallest absolute Gasteiger partial charge is 0.0721 e. The predicted octanol–water partition coefficient (Wildman–Crippen LogP) is 3.79. The highest BCUT2D eigenvalue weighted by atomic mass is 35.5.